The second-order valence-corrected chi connectivity index (χ2v) is 7.09. The van der Waals surface area contributed by atoms with Crippen molar-refractivity contribution in [2.75, 3.05) is 17.8 Å². The van der Waals surface area contributed by atoms with Gasteiger partial charge in [0.2, 0.25) is 0 Å². The fourth-order valence-corrected chi connectivity index (χ4v) is 3.62. The highest BCUT2D eigenvalue weighted by Gasteiger charge is 2.18. The molecule has 2 N–H and O–H groups in total. The summed E-state index contributed by atoms with van der Waals surface area (Å²) < 4.78 is 28.5. The molecule has 0 saturated heterocycles. The van der Waals surface area contributed by atoms with E-state index >= 15 is 0 Å². The Hall–Kier alpha value is -1.45. The van der Waals surface area contributed by atoms with Crippen LogP contribution in [0.5, 0.6) is 0 Å². The monoisotopic (exact) mass is 329 g/mol. The van der Waals surface area contributed by atoms with E-state index in [9.17, 15) is 8.42 Å². The van der Waals surface area contributed by atoms with E-state index in [1.807, 2.05) is 13.8 Å². The van der Waals surface area contributed by atoms with Crippen molar-refractivity contribution in [2.45, 2.75) is 31.7 Å². The third kappa shape index (κ3) is 4.51. The molecule has 21 heavy (non-hydrogen) atoms. The van der Waals surface area contributed by atoms with Crippen molar-refractivity contribution >= 4 is 26.5 Å². The Balaban J connectivity index is 1.98. The van der Waals surface area contributed by atoms with Crippen molar-refractivity contribution in [3.63, 3.8) is 0 Å². The van der Waals surface area contributed by atoms with Gasteiger partial charge in [0.25, 0.3) is 10.0 Å². The third-order valence-electron chi connectivity index (χ3n) is 2.75. The van der Waals surface area contributed by atoms with E-state index in [1.165, 1.54) is 23.7 Å². The topological polar surface area (TPSA) is 88.9 Å². The number of thiazole rings is 1. The summed E-state index contributed by atoms with van der Waals surface area (Å²) in [6.45, 7) is 6.35. The molecular formula is C12H19N5O2S2. The molecule has 2 rings (SSSR count). The molecule has 0 bridgehead atoms. The molecular weight excluding hydrogens is 310 g/mol. The van der Waals surface area contributed by atoms with Gasteiger partial charge in [-0.3, -0.25) is 9.40 Å². The van der Waals surface area contributed by atoms with Gasteiger partial charge in [-0.2, -0.15) is 5.10 Å². The summed E-state index contributed by atoms with van der Waals surface area (Å²) in [4.78, 5) is 4.24. The fourth-order valence-electron chi connectivity index (χ4n) is 1.72. The van der Waals surface area contributed by atoms with Gasteiger partial charge in [-0.15, -0.1) is 11.3 Å². The summed E-state index contributed by atoms with van der Waals surface area (Å²) in [6.07, 6.45) is 3.79. The van der Waals surface area contributed by atoms with Gasteiger partial charge in [0.05, 0.1) is 11.9 Å². The maximum atomic E-state index is 12.2. The number of sulfonamides is 1. The van der Waals surface area contributed by atoms with Crippen LogP contribution in [-0.4, -0.2) is 36.3 Å². The zero-order valence-electron chi connectivity index (χ0n) is 12.0. The van der Waals surface area contributed by atoms with Crippen LogP contribution in [0.1, 0.15) is 19.0 Å². The SMILES string of the molecule is CCNCCCn1cc(S(=O)(=O)Nc2nc(C)cs2)cn1. The van der Waals surface area contributed by atoms with Crippen LogP contribution >= 0.6 is 11.3 Å². The lowest BCUT2D eigenvalue weighted by Crippen LogP contribution is -2.16. The minimum atomic E-state index is -3.62. The largest absolute Gasteiger partial charge is 0.317 e. The van der Waals surface area contributed by atoms with Crippen molar-refractivity contribution in [3.8, 4) is 0 Å². The van der Waals surface area contributed by atoms with Crippen LogP contribution in [0, 0.1) is 6.92 Å². The summed E-state index contributed by atoms with van der Waals surface area (Å²) in [5.74, 6) is 0. The minimum absolute atomic E-state index is 0.152. The molecule has 0 atom stereocenters. The van der Waals surface area contributed by atoms with Gasteiger partial charge in [-0.1, -0.05) is 6.92 Å². The van der Waals surface area contributed by atoms with Gasteiger partial charge >= 0.3 is 0 Å². The number of aryl methyl sites for hydroxylation is 2. The predicted molar refractivity (Wildman–Crippen MR) is 83.0 cm³/mol. The van der Waals surface area contributed by atoms with Gasteiger partial charge < -0.3 is 5.32 Å². The van der Waals surface area contributed by atoms with E-state index in [0.717, 1.165) is 25.2 Å². The van der Waals surface area contributed by atoms with Crippen molar-refractivity contribution in [2.24, 2.45) is 0 Å². The zero-order chi connectivity index (χ0) is 15.3. The highest BCUT2D eigenvalue weighted by Crippen LogP contribution is 2.19. The van der Waals surface area contributed by atoms with Crippen LogP contribution < -0.4 is 10.0 Å². The molecule has 0 aliphatic heterocycles. The van der Waals surface area contributed by atoms with Crippen molar-refractivity contribution in [1.82, 2.24) is 20.1 Å². The van der Waals surface area contributed by atoms with E-state index in [4.69, 9.17) is 0 Å². The van der Waals surface area contributed by atoms with Crippen LogP contribution in [0.4, 0.5) is 5.13 Å². The summed E-state index contributed by atoms with van der Waals surface area (Å²) in [5, 5.41) is 9.45. The molecule has 7 nitrogen and oxygen atoms in total. The first-order valence-corrected chi connectivity index (χ1v) is 9.05. The first-order valence-electron chi connectivity index (χ1n) is 6.69. The normalized spacial score (nSPS) is 11.7. The maximum absolute atomic E-state index is 12.2. The Morgan fingerprint density at radius 1 is 1.43 bits per heavy atom. The smallest absolute Gasteiger partial charge is 0.266 e. The van der Waals surface area contributed by atoms with E-state index in [-0.39, 0.29) is 4.90 Å². The molecule has 0 amide bonds. The second kappa shape index (κ2) is 7.01. The molecule has 0 fully saturated rings. The van der Waals surface area contributed by atoms with Gasteiger partial charge in [0, 0.05) is 18.1 Å². The Morgan fingerprint density at radius 3 is 2.90 bits per heavy atom. The molecule has 116 valence electrons. The van der Waals surface area contributed by atoms with E-state index in [1.54, 1.807) is 10.1 Å². The van der Waals surface area contributed by atoms with E-state index < -0.39 is 10.0 Å². The minimum Gasteiger partial charge on any atom is -0.317 e. The highest BCUT2D eigenvalue weighted by atomic mass is 32.2. The van der Waals surface area contributed by atoms with Gasteiger partial charge in [0.15, 0.2) is 5.13 Å². The number of anilines is 1. The number of nitrogens with zero attached hydrogens (tertiary/aromatic N) is 3. The summed E-state index contributed by atoms with van der Waals surface area (Å²) in [6, 6.07) is 0. The zero-order valence-corrected chi connectivity index (χ0v) is 13.7. The molecule has 2 heterocycles. The second-order valence-electron chi connectivity index (χ2n) is 4.55. The number of nitrogens with one attached hydrogen (secondary N) is 2. The molecule has 0 radical (unpaired) electrons. The lowest BCUT2D eigenvalue weighted by Gasteiger charge is -2.03. The fraction of sp³-hybridized carbons (Fsp3) is 0.500. The number of hydrogen-bond donors (Lipinski definition) is 2. The molecule has 0 aliphatic carbocycles. The molecule has 9 heteroatoms. The average Bonchev–Trinajstić information content (AvgIpc) is 3.04. The number of hydrogen-bond acceptors (Lipinski definition) is 6. The van der Waals surface area contributed by atoms with Crippen LogP contribution in [0.3, 0.4) is 0 Å². The standard InChI is InChI=1S/C12H19N5O2S2/c1-3-13-5-4-6-17-8-11(7-14-17)21(18,19)16-12-15-10(2)9-20-12/h7-9,13H,3-6H2,1-2H3,(H,15,16). The maximum Gasteiger partial charge on any atom is 0.266 e. The summed E-state index contributed by atoms with van der Waals surface area (Å²) in [7, 11) is -3.62. The molecule has 0 aliphatic rings. The molecule has 0 spiro atoms. The van der Waals surface area contributed by atoms with Gasteiger partial charge in [0.1, 0.15) is 4.90 Å². The molecule has 0 saturated carbocycles. The Labute approximate surface area is 128 Å². The average molecular weight is 329 g/mol. The van der Waals surface area contributed by atoms with Crippen LogP contribution in [0.15, 0.2) is 22.7 Å². The van der Waals surface area contributed by atoms with Gasteiger partial charge in [-0.25, -0.2) is 13.4 Å². The highest BCUT2D eigenvalue weighted by molar-refractivity contribution is 7.93. The Morgan fingerprint density at radius 2 is 2.24 bits per heavy atom. The summed E-state index contributed by atoms with van der Waals surface area (Å²) in [5.41, 5.74) is 0.789. The lowest BCUT2D eigenvalue weighted by molar-refractivity contribution is 0.549. The van der Waals surface area contributed by atoms with Crippen molar-refractivity contribution in [1.29, 1.82) is 0 Å². The van der Waals surface area contributed by atoms with Crippen LogP contribution in [0.25, 0.3) is 0 Å². The quantitative estimate of drug-likeness (QED) is 0.716. The van der Waals surface area contributed by atoms with Crippen LogP contribution in [0.2, 0.25) is 0 Å². The number of rotatable bonds is 8. The molecule has 2 aromatic rings. The third-order valence-corrected chi connectivity index (χ3v) is 5.05. The van der Waals surface area contributed by atoms with Crippen molar-refractivity contribution in [3.05, 3.63) is 23.5 Å². The molecule has 0 aromatic carbocycles. The molecule has 2 aromatic heterocycles. The Kier molecular flexibility index (Phi) is 5.32. The lowest BCUT2D eigenvalue weighted by atomic mass is 10.4. The van der Waals surface area contributed by atoms with Crippen LogP contribution in [-0.2, 0) is 16.6 Å². The van der Waals surface area contributed by atoms with Gasteiger partial charge in [-0.05, 0) is 26.4 Å². The van der Waals surface area contributed by atoms with E-state index in [0.29, 0.717) is 11.7 Å². The number of aromatic nitrogens is 3. The van der Waals surface area contributed by atoms with E-state index in [2.05, 4.69) is 20.1 Å². The first-order chi connectivity index (χ1) is 10.0. The molecule has 0 unspecified atom stereocenters. The Bertz CT molecular complexity index is 677. The summed E-state index contributed by atoms with van der Waals surface area (Å²) >= 11 is 1.26. The predicted octanol–water partition coefficient (Wildman–Crippen LogP) is 1.45. The first kappa shape index (κ1) is 15.9. The van der Waals surface area contributed by atoms with Crippen molar-refractivity contribution < 1.29 is 8.42 Å².